The van der Waals surface area contributed by atoms with Gasteiger partial charge in [0.15, 0.2) is 0 Å². The summed E-state index contributed by atoms with van der Waals surface area (Å²) in [7, 11) is 0. The summed E-state index contributed by atoms with van der Waals surface area (Å²) in [5.41, 5.74) is 0. The quantitative estimate of drug-likeness (QED) is 0.393. The third-order valence-corrected chi connectivity index (χ3v) is 1.56. The lowest BCUT2D eigenvalue weighted by molar-refractivity contribution is 1.19. The van der Waals surface area contributed by atoms with E-state index in [4.69, 9.17) is 10.5 Å². The molecule has 3 heteroatoms. The molecule has 0 N–H and O–H groups in total. The molecule has 0 spiro atoms. The van der Waals surface area contributed by atoms with Crippen molar-refractivity contribution < 1.29 is 0 Å². The van der Waals surface area contributed by atoms with Crippen LogP contribution >= 0.6 is 22.6 Å². The van der Waals surface area contributed by atoms with Crippen molar-refractivity contribution in [3.05, 3.63) is 12.2 Å². The number of halogens is 1. The Bertz CT molecular complexity index is 180. The van der Waals surface area contributed by atoms with Crippen molar-refractivity contribution in [1.82, 2.24) is 0 Å². The Kier molecular flexibility index (Phi) is 3.26. The molecule has 0 radical (unpaired) electrons. The van der Waals surface area contributed by atoms with Gasteiger partial charge in [-0.15, -0.1) is 0 Å². The zero-order valence-corrected chi connectivity index (χ0v) is 7.08. The summed E-state index contributed by atoms with van der Waals surface area (Å²) in [6.45, 7) is 1.78. The van der Waals surface area contributed by atoms with E-state index in [0.29, 0.717) is 0 Å². The van der Waals surface area contributed by atoms with Crippen LogP contribution in [0.1, 0.15) is 6.92 Å². The largest absolute Gasteiger partial charge is 0.211 e. The molecule has 9 heavy (non-hydrogen) atoms. The van der Waals surface area contributed by atoms with Gasteiger partial charge in [-0.05, 0) is 35.6 Å². The number of rotatable bonds is 1. The van der Waals surface area contributed by atoms with Crippen molar-refractivity contribution in [2.45, 2.75) is 10.3 Å². The van der Waals surface area contributed by atoms with Crippen molar-refractivity contribution in [1.29, 1.82) is 10.5 Å². The standard InChI is InChI=1S/C6H5IN2/c1-2-3-6(7,4-8)5-9/h2-3H,1H3. The number of alkyl halides is 1. The monoisotopic (exact) mass is 232 g/mol. The number of allylic oxidation sites excluding steroid dienone is 2. The second-order valence-corrected chi connectivity index (χ2v) is 3.14. The van der Waals surface area contributed by atoms with Crippen LogP contribution in [0, 0.1) is 22.7 Å². The highest BCUT2D eigenvalue weighted by Gasteiger charge is 2.20. The van der Waals surface area contributed by atoms with E-state index >= 15 is 0 Å². The molecule has 0 aliphatic rings. The van der Waals surface area contributed by atoms with Gasteiger partial charge in [-0.3, -0.25) is 0 Å². The van der Waals surface area contributed by atoms with Gasteiger partial charge in [0.1, 0.15) is 0 Å². The van der Waals surface area contributed by atoms with Crippen LogP contribution in [0.5, 0.6) is 0 Å². The van der Waals surface area contributed by atoms with E-state index in [1.165, 1.54) is 0 Å². The van der Waals surface area contributed by atoms with Gasteiger partial charge in [-0.2, -0.15) is 10.5 Å². The van der Waals surface area contributed by atoms with Gasteiger partial charge in [-0.25, -0.2) is 0 Å². The van der Waals surface area contributed by atoms with E-state index in [9.17, 15) is 0 Å². The van der Waals surface area contributed by atoms with Gasteiger partial charge in [0, 0.05) is 0 Å². The third-order valence-electron chi connectivity index (χ3n) is 0.722. The van der Waals surface area contributed by atoms with Crippen LogP contribution in [0.25, 0.3) is 0 Å². The SMILES string of the molecule is CC=CC(I)(C#N)C#N. The van der Waals surface area contributed by atoms with Crippen LogP contribution in [-0.2, 0) is 0 Å². The van der Waals surface area contributed by atoms with E-state index in [-0.39, 0.29) is 0 Å². The molecule has 0 bridgehead atoms. The Morgan fingerprint density at radius 1 is 1.44 bits per heavy atom. The molecule has 0 saturated carbocycles. The predicted octanol–water partition coefficient (Wildman–Crippen LogP) is 1.78. The number of nitriles is 2. The molecule has 0 fully saturated rings. The summed E-state index contributed by atoms with van der Waals surface area (Å²) in [5, 5.41) is 16.8. The number of hydrogen-bond acceptors (Lipinski definition) is 2. The molecule has 0 heterocycles. The fourth-order valence-corrected chi connectivity index (χ4v) is 0.689. The maximum absolute atomic E-state index is 8.39. The molecular formula is C6H5IN2. The minimum atomic E-state index is -0.966. The molecule has 0 rings (SSSR count). The van der Waals surface area contributed by atoms with Crippen LogP contribution in [0.3, 0.4) is 0 Å². The normalized spacial score (nSPS) is 10.7. The highest BCUT2D eigenvalue weighted by molar-refractivity contribution is 14.1. The zero-order valence-electron chi connectivity index (χ0n) is 4.93. The topological polar surface area (TPSA) is 47.6 Å². The van der Waals surface area contributed by atoms with Gasteiger partial charge in [0.25, 0.3) is 0 Å². The first-order valence-electron chi connectivity index (χ1n) is 2.34. The molecule has 0 aromatic rings. The molecule has 0 aliphatic heterocycles. The van der Waals surface area contributed by atoms with Crippen LogP contribution in [0.2, 0.25) is 0 Å². The maximum atomic E-state index is 8.39. The fourth-order valence-electron chi connectivity index (χ4n) is 0.329. The summed E-state index contributed by atoms with van der Waals surface area (Å²) < 4.78 is -0.966. The van der Waals surface area contributed by atoms with Crippen molar-refractivity contribution >= 4 is 22.6 Å². The first kappa shape index (κ1) is 8.45. The van der Waals surface area contributed by atoms with E-state index in [1.807, 2.05) is 12.1 Å². The fraction of sp³-hybridized carbons (Fsp3) is 0.333. The molecular weight excluding hydrogens is 227 g/mol. The van der Waals surface area contributed by atoms with E-state index in [0.717, 1.165) is 0 Å². The molecule has 2 nitrogen and oxygen atoms in total. The lowest BCUT2D eigenvalue weighted by atomic mass is 10.2. The van der Waals surface area contributed by atoms with Gasteiger partial charge >= 0.3 is 0 Å². The zero-order chi connectivity index (χ0) is 7.33. The van der Waals surface area contributed by atoms with Crippen LogP contribution in [-0.4, -0.2) is 3.42 Å². The first-order chi connectivity index (χ1) is 4.18. The van der Waals surface area contributed by atoms with Gasteiger partial charge in [0.05, 0.1) is 12.1 Å². The van der Waals surface area contributed by atoms with Crippen molar-refractivity contribution in [3.8, 4) is 12.1 Å². The van der Waals surface area contributed by atoms with Crippen LogP contribution in [0.15, 0.2) is 12.2 Å². The molecule has 0 aromatic carbocycles. The molecule has 0 aliphatic carbocycles. The maximum Gasteiger partial charge on any atom is 0.211 e. The van der Waals surface area contributed by atoms with Crippen LogP contribution < -0.4 is 0 Å². The van der Waals surface area contributed by atoms with Gasteiger partial charge in [-0.1, -0.05) is 6.08 Å². The number of hydrogen-bond donors (Lipinski definition) is 0. The Labute approximate surface area is 67.9 Å². The van der Waals surface area contributed by atoms with Crippen molar-refractivity contribution in [2.24, 2.45) is 0 Å². The Morgan fingerprint density at radius 2 is 1.89 bits per heavy atom. The van der Waals surface area contributed by atoms with Crippen molar-refractivity contribution in [2.75, 3.05) is 0 Å². The summed E-state index contributed by atoms with van der Waals surface area (Å²) in [6.07, 6.45) is 3.26. The van der Waals surface area contributed by atoms with Crippen LogP contribution in [0.4, 0.5) is 0 Å². The third kappa shape index (κ3) is 2.48. The molecule has 0 atom stereocenters. The highest BCUT2D eigenvalue weighted by Crippen LogP contribution is 2.17. The summed E-state index contributed by atoms with van der Waals surface area (Å²) in [4.78, 5) is 0. The Hall–Kier alpha value is -0.550. The Balaban J connectivity index is 4.39. The molecule has 0 aromatic heterocycles. The second-order valence-electron chi connectivity index (χ2n) is 1.44. The van der Waals surface area contributed by atoms with Gasteiger partial charge < -0.3 is 0 Å². The minimum Gasteiger partial charge on any atom is -0.195 e. The van der Waals surface area contributed by atoms with E-state index in [1.54, 1.807) is 41.7 Å². The summed E-state index contributed by atoms with van der Waals surface area (Å²) in [5.74, 6) is 0. The molecule has 46 valence electrons. The summed E-state index contributed by atoms with van der Waals surface area (Å²) >= 11 is 1.79. The smallest absolute Gasteiger partial charge is 0.195 e. The van der Waals surface area contributed by atoms with Gasteiger partial charge in [0.2, 0.25) is 3.42 Å². The lowest BCUT2D eigenvalue weighted by Gasteiger charge is -1.99. The van der Waals surface area contributed by atoms with E-state index < -0.39 is 3.42 Å². The minimum absolute atomic E-state index is 0.966. The average molecular weight is 232 g/mol. The molecule has 0 saturated heterocycles. The summed E-state index contributed by atoms with van der Waals surface area (Å²) in [6, 6.07) is 3.74. The first-order valence-corrected chi connectivity index (χ1v) is 3.41. The number of nitrogens with zero attached hydrogens (tertiary/aromatic N) is 2. The van der Waals surface area contributed by atoms with Crippen molar-refractivity contribution in [3.63, 3.8) is 0 Å². The highest BCUT2D eigenvalue weighted by atomic mass is 127. The molecule has 0 amide bonds. The lowest BCUT2D eigenvalue weighted by Crippen LogP contribution is -2.09. The van der Waals surface area contributed by atoms with E-state index in [2.05, 4.69) is 0 Å². The second kappa shape index (κ2) is 3.47. The predicted molar refractivity (Wildman–Crippen MR) is 42.8 cm³/mol. The molecule has 0 unspecified atom stereocenters. The Morgan fingerprint density at radius 3 is 2.00 bits per heavy atom. The average Bonchev–Trinajstić information content (AvgIpc) is 1.89.